The quantitative estimate of drug-likeness (QED) is 0.451. The van der Waals surface area contributed by atoms with Crippen molar-refractivity contribution in [1.82, 2.24) is 0 Å². The van der Waals surface area contributed by atoms with Gasteiger partial charge in [-0.3, -0.25) is 0 Å². The van der Waals surface area contributed by atoms with E-state index in [1.165, 1.54) is 51.4 Å². The second-order valence-corrected chi connectivity index (χ2v) is 9.16. The lowest BCUT2D eigenvalue weighted by atomic mass is 9.65. The van der Waals surface area contributed by atoms with E-state index in [0.29, 0.717) is 12.3 Å². The minimum atomic E-state index is -1.19. The molecule has 3 saturated carbocycles. The smallest absolute Gasteiger partial charge is 0.134 e. The molecule has 3 fully saturated rings. The molecule has 25 heavy (non-hydrogen) atoms. The molecule has 0 aliphatic heterocycles. The van der Waals surface area contributed by atoms with E-state index in [0.717, 1.165) is 43.4 Å². The van der Waals surface area contributed by atoms with E-state index < -0.39 is 12.3 Å². The fourth-order valence-corrected chi connectivity index (χ4v) is 6.12. The van der Waals surface area contributed by atoms with Crippen molar-refractivity contribution in [3.8, 4) is 0 Å². The first-order valence-electron chi connectivity index (χ1n) is 11.1. The summed E-state index contributed by atoms with van der Waals surface area (Å²) in [5.74, 6) is 3.21. The Kier molecular flexibility index (Phi) is 7.37. The fraction of sp³-hybridized carbons (Fsp3) is 0.913. The van der Waals surface area contributed by atoms with Gasteiger partial charge in [0.05, 0.1) is 0 Å². The van der Waals surface area contributed by atoms with Crippen LogP contribution in [-0.4, -0.2) is 12.3 Å². The Balaban J connectivity index is 1.39. The Hall–Kier alpha value is -0.400. The lowest BCUT2D eigenvalue weighted by Gasteiger charge is -2.42. The van der Waals surface area contributed by atoms with Crippen LogP contribution in [0.15, 0.2) is 12.2 Å². The third-order valence-corrected chi connectivity index (χ3v) is 7.73. The topological polar surface area (TPSA) is 0 Å². The fourth-order valence-electron chi connectivity index (χ4n) is 6.12. The molecule has 0 nitrogen and oxygen atoms in total. The summed E-state index contributed by atoms with van der Waals surface area (Å²) in [6.07, 6.45) is 17.5. The maximum Gasteiger partial charge on any atom is 0.134 e. The van der Waals surface area contributed by atoms with Crippen molar-refractivity contribution in [2.75, 3.05) is 0 Å². The first-order chi connectivity index (χ1) is 12.2. The molecule has 0 spiro atoms. The van der Waals surface area contributed by atoms with Gasteiger partial charge >= 0.3 is 0 Å². The zero-order valence-corrected chi connectivity index (χ0v) is 16.1. The Morgan fingerprint density at radius 3 is 2.00 bits per heavy atom. The van der Waals surface area contributed by atoms with Crippen LogP contribution in [0.1, 0.15) is 90.4 Å². The second kappa shape index (κ2) is 9.51. The Morgan fingerprint density at radius 2 is 1.36 bits per heavy atom. The molecule has 0 bridgehead atoms. The maximum atomic E-state index is 14.3. The average Bonchev–Trinajstić information content (AvgIpc) is 2.65. The van der Waals surface area contributed by atoms with Crippen molar-refractivity contribution >= 4 is 0 Å². The summed E-state index contributed by atoms with van der Waals surface area (Å²) >= 11 is 0. The van der Waals surface area contributed by atoms with Gasteiger partial charge in [-0.2, -0.15) is 0 Å². The molecule has 0 amide bonds. The van der Waals surface area contributed by atoms with E-state index >= 15 is 0 Å². The minimum absolute atomic E-state index is 0.0204. The summed E-state index contributed by atoms with van der Waals surface area (Å²) in [6.45, 7) is 2.11. The second-order valence-electron chi connectivity index (χ2n) is 9.16. The van der Waals surface area contributed by atoms with Gasteiger partial charge in [0.1, 0.15) is 12.3 Å². The highest BCUT2D eigenvalue weighted by molar-refractivity contribution is 4.90. The molecule has 0 heterocycles. The minimum Gasteiger partial charge on any atom is -0.244 e. The molecule has 3 aliphatic rings. The van der Waals surface area contributed by atoms with Crippen LogP contribution in [0, 0.1) is 29.6 Å². The van der Waals surface area contributed by atoms with Crippen molar-refractivity contribution in [3.63, 3.8) is 0 Å². The SMILES string of the molecule is C/C=C/CCC1CCC(C2CCC(C3CCCC(F)C3F)CC2)CC1. The summed E-state index contributed by atoms with van der Waals surface area (Å²) in [4.78, 5) is 0. The molecule has 0 aromatic rings. The third-order valence-electron chi connectivity index (χ3n) is 7.73. The van der Waals surface area contributed by atoms with Crippen LogP contribution in [-0.2, 0) is 0 Å². The van der Waals surface area contributed by atoms with E-state index in [4.69, 9.17) is 0 Å². The van der Waals surface area contributed by atoms with Crippen molar-refractivity contribution in [2.45, 2.75) is 103 Å². The van der Waals surface area contributed by atoms with Crippen molar-refractivity contribution < 1.29 is 8.78 Å². The van der Waals surface area contributed by atoms with Gasteiger partial charge in [0.25, 0.3) is 0 Å². The number of halogens is 2. The maximum absolute atomic E-state index is 14.3. The molecule has 3 unspecified atom stereocenters. The largest absolute Gasteiger partial charge is 0.244 e. The van der Waals surface area contributed by atoms with E-state index in [9.17, 15) is 8.78 Å². The molecule has 0 N–H and O–H groups in total. The van der Waals surface area contributed by atoms with Gasteiger partial charge in [-0.1, -0.05) is 31.4 Å². The standard InChI is InChI=1S/C23H38F2/c1-2-3-4-6-17-9-11-18(12-10-17)19-13-15-20(16-14-19)21-7-5-8-22(24)23(21)25/h2-3,17-23H,4-16H2,1H3/b3-2+. The van der Waals surface area contributed by atoms with Gasteiger partial charge in [0.2, 0.25) is 0 Å². The predicted octanol–water partition coefficient (Wildman–Crippen LogP) is 7.43. The number of alkyl halides is 2. The van der Waals surface area contributed by atoms with E-state index in [-0.39, 0.29) is 5.92 Å². The molecule has 0 radical (unpaired) electrons. The van der Waals surface area contributed by atoms with Crippen LogP contribution in [0.2, 0.25) is 0 Å². The zero-order valence-electron chi connectivity index (χ0n) is 16.1. The predicted molar refractivity (Wildman–Crippen MR) is 102 cm³/mol. The molecule has 3 atom stereocenters. The van der Waals surface area contributed by atoms with Crippen LogP contribution >= 0.6 is 0 Å². The third kappa shape index (κ3) is 5.07. The number of hydrogen-bond acceptors (Lipinski definition) is 0. The van der Waals surface area contributed by atoms with Crippen LogP contribution in [0.25, 0.3) is 0 Å². The van der Waals surface area contributed by atoms with Crippen LogP contribution in [0.4, 0.5) is 8.78 Å². The van der Waals surface area contributed by atoms with Crippen LogP contribution < -0.4 is 0 Å². The zero-order chi connectivity index (χ0) is 17.6. The highest BCUT2D eigenvalue weighted by Crippen LogP contribution is 2.46. The lowest BCUT2D eigenvalue weighted by molar-refractivity contribution is 0.0155. The summed E-state index contributed by atoms with van der Waals surface area (Å²) in [7, 11) is 0. The molecular formula is C23H38F2. The molecule has 0 aromatic heterocycles. The summed E-state index contributed by atoms with van der Waals surface area (Å²) in [5.41, 5.74) is 0. The highest BCUT2D eigenvalue weighted by Gasteiger charge is 2.40. The number of allylic oxidation sites excluding steroid dienone is 2. The number of rotatable bonds is 5. The van der Waals surface area contributed by atoms with Gasteiger partial charge in [-0.05, 0) is 101 Å². The first-order valence-corrected chi connectivity index (χ1v) is 11.1. The molecule has 2 heteroatoms. The van der Waals surface area contributed by atoms with Gasteiger partial charge in [-0.15, -0.1) is 0 Å². The molecule has 3 aliphatic carbocycles. The van der Waals surface area contributed by atoms with Gasteiger partial charge in [-0.25, -0.2) is 8.78 Å². The monoisotopic (exact) mass is 352 g/mol. The molecule has 0 aromatic carbocycles. The normalized spacial score (nSPS) is 43.4. The van der Waals surface area contributed by atoms with E-state index in [2.05, 4.69) is 19.1 Å². The van der Waals surface area contributed by atoms with E-state index in [1.807, 2.05) is 0 Å². The first kappa shape index (κ1) is 19.4. The van der Waals surface area contributed by atoms with Crippen molar-refractivity contribution in [3.05, 3.63) is 12.2 Å². The van der Waals surface area contributed by atoms with Crippen molar-refractivity contribution in [2.24, 2.45) is 29.6 Å². The van der Waals surface area contributed by atoms with Crippen LogP contribution in [0.5, 0.6) is 0 Å². The molecular weight excluding hydrogens is 314 g/mol. The lowest BCUT2D eigenvalue weighted by Crippen LogP contribution is -2.38. The summed E-state index contributed by atoms with van der Waals surface area (Å²) < 4.78 is 28.0. The highest BCUT2D eigenvalue weighted by atomic mass is 19.2. The average molecular weight is 353 g/mol. The summed E-state index contributed by atoms with van der Waals surface area (Å²) in [5, 5.41) is 0. The van der Waals surface area contributed by atoms with E-state index in [1.54, 1.807) is 0 Å². The summed E-state index contributed by atoms with van der Waals surface area (Å²) in [6, 6.07) is 0. The molecule has 3 rings (SSSR count). The Bertz CT molecular complexity index is 402. The van der Waals surface area contributed by atoms with Gasteiger partial charge in [0, 0.05) is 0 Å². The van der Waals surface area contributed by atoms with Crippen molar-refractivity contribution in [1.29, 1.82) is 0 Å². The van der Waals surface area contributed by atoms with Gasteiger partial charge in [0.15, 0.2) is 0 Å². The van der Waals surface area contributed by atoms with Crippen LogP contribution in [0.3, 0.4) is 0 Å². The van der Waals surface area contributed by atoms with Gasteiger partial charge < -0.3 is 0 Å². The molecule has 0 saturated heterocycles. The molecule has 144 valence electrons. The number of hydrogen-bond donors (Lipinski definition) is 0. The Morgan fingerprint density at radius 1 is 0.760 bits per heavy atom. The Labute approximate surface area is 153 Å².